The molecule has 2 aromatic carbocycles. The molecule has 4 fully saturated rings. The van der Waals surface area contributed by atoms with E-state index in [4.69, 9.17) is 0 Å². The zero-order valence-corrected chi connectivity index (χ0v) is 43.6. The lowest BCUT2D eigenvalue weighted by Crippen LogP contribution is -2.66. The molecule has 9 rings (SSSR count). The fourth-order valence-corrected chi connectivity index (χ4v) is 11.0. The van der Waals surface area contributed by atoms with Gasteiger partial charge in [-0.1, -0.05) is 50.8 Å². The van der Waals surface area contributed by atoms with Crippen molar-refractivity contribution in [1.29, 1.82) is 0 Å². The fourth-order valence-electron chi connectivity index (χ4n) is 11.0. The van der Waals surface area contributed by atoms with Crippen LogP contribution in [0.3, 0.4) is 0 Å². The second-order valence-corrected chi connectivity index (χ2v) is 21.8. The highest BCUT2D eigenvalue weighted by atomic mass is 19.1. The average molecular weight is 1050 g/mol. The molecule has 0 bridgehead atoms. The number of anilines is 4. The lowest BCUT2D eigenvalue weighted by atomic mass is 9.82. The van der Waals surface area contributed by atoms with Gasteiger partial charge in [-0.15, -0.1) is 5.10 Å². The summed E-state index contributed by atoms with van der Waals surface area (Å²) in [4.78, 5) is 92.1. The number of rotatable bonds is 22. The number of nitrogens with one attached hydrogen (secondary N) is 5. The van der Waals surface area contributed by atoms with E-state index in [2.05, 4.69) is 70.5 Å². The highest BCUT2D eigenvalue weighted by Gasteiger charge is 2.46. The Hall–Kier alpha value is -7.10. The highest BCUT2D eigenvalue weighted by molar-refractivity contribution is 6.25. The summed E-state index contributed by atoms with van der Waals surface area (Å²) in [7, 11) is 0. The van der Waals surface area contributed by atoms with Crippen LogP contribution >= 0.6 is 0 Å². The third kappa shape index (κ3) is 13.1. The van der Waals surface area contributed by atoms with Crippen molar-refractivity contribution in [3.8, 4) is 0 Å². The van der Waals surface area contributed by atoms with Crippen molar-refractivity contribution in [3.63, 3.8) is 0 Å². The molecule has 0 saturated carbocycles. The molecule has 2 aromatic heterocycles. The molecule has 4 aromatic rings. The second kappa shape index (κ2) is 23.8. The Kier molecular flexibility index (Phi) is 16.9. The molecule has 0 aliphatic carbocycles. The number of imide groups is 2. The first-order valence-corrected chi connectivity index (χ1v) is 26.9. The standard InChI is InChI=1S/C54H70F2N14O6/c1-53(2)16-23-66(24-17-53)31-36-27-40(56)43(28-39(36)55)68-33-48(73)63-54(34-68)18-25-67(26-19-54)45-29-44(60-35-61-45)57-20-10-21-58-46(71)13-7-5-3-4-6-8-22-69-32-37(64-65-69)30-59-41-12-9-11-38-49(41)52(76)70(51(38)75)42-14-15-47(72)62-50(42)74/h9,11-12,27-29,32,35,42,59H,3-8,10,13-26,30-31,33-34H2,1-2H3,(H,58,71)(H,63,73)(H,57,60,61)(H,62,72,74). The van der Waals surface area contributed by atoms with Gasteiger partial charge in [0.1, 0.15) is 41.3 Å². The maximum absolute atomic E-state index is 15.7. The zero-order valence-electron chi connectivity index (χ0n) is 43.6. The molecule has 22 heteroatoms. The van der Waals surface area contributed by atoms with Crippen LogP contribution in [0.4, 0.5) is 31.8 Å². The minimum Gasteiger partial charge on any atom is -0.379 e. The number of hydrogen-bond acceptors (Lipinski definition) is 15. The maximum atomic E-state index is 15.7. The van der Waals surface area contributed by atoms with Crippen LogP contribution < -0.4 is 36.4 Å². The molecule has 1 spiro atoms. The van der Waals surface area contributed by atoms with Crippen LogP contribution in [0.1, 0.15) is 136 Å². The first-order chi connectivity index (χ1) is 36.6. The van der Waals surface area contributed by atoms with E-state index in [-0.39, 0.29) is 60.0 Å². The number of halogens is 2. The van der Waals surface area contributed by atoms with E-state index < -0.39 is 46.8 Å². The monoisotopic (exact) mass is 1050 g/mol. The fraction of sp³-hybridized carbons (Fsp3) is 0.556. The Balaban J connectivity index is 0.614. The number of aryl methyl sites for hydroxylation is 1. The molecule has 76 heavy (non-hydrogen) atoms. The number of amides is 6. The van der Waals surface area contributed by atoms with Crippen LogP contribution in [0.2, 0.25) is 0 Å². The first-order valence-electron chi connectivity index (χ1n) is 26.9. The van der Waals surface area contributed by atoms with Gasteiger partial charge in [-0.2, -0.15) is 0 Å². The Bertz CT molecular complexity index is 2790. The predicted octanol–water partition coefficient (Wildman–Crippen LogP) is 5.31. The van der Waals surface area contributed by atoms with Crippen LogP contribution in [0.5, 0.6) is 0 Å². The van der Waals surface area contributed by atoms with Crippen molar-refractivity contribution < 1.29 is 37.5 Å². The lowest BCUT2D eigenvalue weighted by Gasteiger charge is -2.48. The number of nitrogens with zero attached hydrogens (tertiary/aromatic N) is 9. The number of aromatic nitrogens is 5. The second-order valence-electron chi connectivity index (χ2n) is 21.8. The number of likely N-dealkylation sites (tertiary alicyclic amines) is 1. The Morgan fingerprint density at radius 3 is 2.38 bits per heavy atom. The minimum atomic E-state index is -1.04. The van der Waals surface area contributed by atoms with Crippen LogP contribution in [-0.4, -0.2) is 134 Å². The van der Waals surface area contributed by atoms with Gasteiger partial charge in [-0.3, -0.25) is 48.6 Å². The van der Waals surface area contributed by atoms with Crippen molar-refractivity contribution >= 4 is 58.5 Å². The molecule has 5 aliphatic rings. The molecule has 6 amide bonds. The number of piperazine rings is 1. The summed E-state index contributed by atoms with van der Waals surface area (Å²) in [6, 6.07) is 8.35. The quantitative estimate of drug-likeness (QED) is 0.0496. The molecule has 0 radical (unpaired) electrons. The maximum Gasteiger partial charge on any atom is 0.264 e. The molecule has 5 N–H and O–H groups in total. The smallest absolute Gasteiger partial charge is 0.264 e. The molecule has 1 atom stereocenters. The van der Waals surface area contributed by atoms with Gasteiger partial charge in [0.05, 0.1) is 41.6 Å². The largest absolute Gasteiger partial charge is 0.379 e. The van der Waals surface area contributed by atoms with Gasteiger partial charge in [0.15, 0.2) is 0 Å². The zero-order chi connectivity index (χ0) is 53.4. The number of carbonyl (C=O) groups excluding carboxylic acids is 6. The third-order valence-corrected chi connectivity index (χ3v) is 15.5. The molecule has 4 saturated heterocycles. The van der Waals surface area contributed by atoms with Gasteiger partial charge >= 0.3 is 0 Å². The van der Waals surface area contributed by atoms with Gasteiger partial charge in [0.2, 0.25) is 23.6 Å². The summed E-state index contributed by atoms with van der Waals surface area (Å²) >= 11 is 0. The average Bonchev–Trinajstić information content (AvgIpc) is 4.02. The van der Waals surface area contributed by atoms with E-state index in [9.17, 15) is 28.8 Å². The topological polar surface area (TPSA) is 232 Å². The molecular weight excluding hydrogens is 979 g/mol. The third-order valence-electron chi connectivity index (χ3n) is 15.5. The van der Waals surface area contributed by atoms with Gasteiger partial charge in [0, 0.05) is 82.0 Å². The molecule has 7 heterocycles. The number of carbonyl (C=O) groups is 6. The SMILES string of the molecule is CC1(C)CCN(Cc2cc(F)c(N3CC(=O)NC4(CCN(c5cc(NCCCNC(=O)CCCCCCCCn6cc(CNc7cccc8c7C(=O)N(C7CCC(=O)NC7=O)C8=O)nn6)ncn5)CC4)C3)cc2F)CC1. The van der Waals surface area contributed by atoms with Crippen LogP contribution in [0.15, 0.2) is 48.9 Å². The molecule has 1 unspecified atom stereocenters. The lowest BCUT2D eigenvalue weighted by molar-refractivity contribution is -0.136. The van der Waals surface area contributed by atoms with E-state index >= 15 is 8.78 Å². The summed E-state index contributed by atoms with van der Waals surface area (Å²) in [6.45, 7) is 10.2. The Labute approximate surface area is 441 Å². The van der Waals surface area contributed by atoms with Gasteiger partial charge < -0.3 is 31.1 Å². The van der Waals surface area contributed by atoms with Crippen LogP contribution in [0.25, 0.3) is 0 Å². The molecule has 406 valence electrons. The predicted molar refractivity (Wildman–Crippen MR) is 280 cm³/mol. The first kappa shape index (κ1) is 53.7. The summed E-state index contributed by atoms with van der Waals surface area (Å²) in [5.41, 5.74) is 1.65. The summed E-state index contributed by atoms with van der Waals surface area (Å²) in [5.74, 6) is -1.92. The van der Waals surface area contributed by atoms with Crippen molar-refractivity contribution in [2.24, 2.45) is 5.41 Å². The molecule has 20 nitrogen and oxygen atoms in total. The molecule has 5 aliphatic heterocycles. The number of fused-ring (bicyclic) bond motifs is 1. The summed E-state index contributed by atoms with van der Waals surface area (Å²) < 4.78 is 32.9. The minimum absolute atomic E-state index is 0.0357. The van der Waals surface area contributed by atoms with Crippen LogP contribution in [-0.2, 0) is 38.8 Å². The Morgan fingerprint density at radius 1 is 0.816 bits per heavy atom. The number of hydrogen-bond donors (Lipinski definition) is 5. The number of benzene rings is 2. The van der Waals surface area contributed by atoms with E-state index in [0.29, 0.717) is 94.3 Å². The van der Waals surface area contributed by atoms with Crippen molar-refractivity contribution in [1.82, 2.24) is 50.7 Å². The van der Waals surface area contributed by atoms with Crippen molar-refractivity contribution in [3.05, 3.63) is 82.9 Å². The number of unbranched alkanes of at least 4 members (excludes halogenated alkanes) is 5. The molecular formula is C54H70F2N14O6. The Morgan fingerprint density at radius 2 is 1.59 bits per heavy atom. The number of piperidine rings is 3. The van der Waals surface area contributed by atoms with Crippen molar-refractivity contribution in [2.45, 2.75) is 135 Å². The van der Waals surface area contributed by atoms with Gasteiger partial charge in [-0.05, 0) is 88.1 Å². The van der Waals surface area contributed by atoms with Gasteiger partial charge in [-0.25, -0.2) is 18.7 Å². The van der Waals surface area contributed by atoms with E-state index in [1.54, 1.807) is 27.8 Å². The van der Waals surface area contributed by atoms with Crippen molar-refractivity contribution in [2.75, 3.05) is 72.8 Å². The van der Waals surface area contributed by atoms with Crippen LogP contribution in [0, 0.1) is 17.0 Å². The van der Waals surface area contributed by atoms with E-state index in [1.807, 2.05) is 12.3 Å². The van der Waals surface area contributed by atoms with E-state index in [1.165, 1.54) is 18.5 Å². The van der Waals surface area contributed by atoms with Gasteiger partial charge in [0.25, 0.3) is 11.8 Å². The summed E-state index contributed by atoms with van der Waals surface area (Å²) in [6.07, 6.45) is 13.7. The summed E-state index contributed by atoms with van der Waals surface area (Å²) in [5, 5.41) is 23.4. The normalized spacial score (nSPS) is 19.4. The highest BCUT2D eigenvalue weighted by Crippen LogP contribution is 2.36. The van der Waals surface area contributed by atoms with E-state index in [0.717, 1.165) is 75.2 Å².